The number of aryl methyl sites for hydroxylation is 1. The summed E-state index contributed by atoms with van der Waals surface area (Å²) in [5.41, 5.74) is 3.88. The molecular weight excluding hydrogens is 276 g/mol. The van der Waals surface area contributed by atoms with Gasteiger partial charge in [0.05, 0.1) is 6.54 Å². The van der Waals surface area contributed by atoms with E-state index in [-0.39, 0.29) is 11.8 Å². The number of hydrogen-bond acceptors (Lipinski definition) is 2. The second-order valence-corrected chi connectivity index (χ2v) is 5.61. The highest BCUT2D eigenvalue weighted by Gasteiger charge is 2.37. The fraction of sp³-hybridized carbons (Fsp3) is 0.222. The zero-order chi connectivity index (χ0) is 15.7. The van der Waals surface area contributed by atoms with Gasteiger partial charge in [0.25, 0.3) is 5.91 Å². The normalized spacial score (nSPS) is 16.5. The molecule has 0 bridgehead atoms. The maximum absolute atomic E-state index is 12.7. The molecule has 1 atom stereocenters. The minimum Gasteiger partial charge on any atom is -0.341 e. The lowest BCUT2D eigenvalue weighted by molar-refractivity contribution is -0.126. The quantitative estimate of drug-likeness (QED) is 0.946. The van der Waals surface area contributed by atoms with Crippen LogP contribution in [0.5, 0.6) is 0 Å². The minimum atomic E-state index is -0.587. The Morgan fingerprint density at radius 2 is 1.91 bits per heavy atom. The molecule has 2 amide bonds. The minimum absolute atomic E-state index is 0.0837. The Bertz CT molecular complexity index is 725. The Kier molecular flexibility index (Phi) is 3.67. The molecule has 4 heteroatoms. The van der Waals surface area contributed by atoms with Gasteiger partial charge in [-0.1, -0.05) is 48.0 Å². The molecule has 0 saturated carbocycles. The van der Waals surface area contributed by atoms with Crippen molar-refractivity contribution in [2.45, 2.75) is 26.4 Å². The van der Waals surface area contributed by atoms with E-state index in [2.05, 4.69) is 5.32 Å². The van der Waals surface area contributed by atoms with Crippen molar-refractivity contribution < 1.29 is 9.59 Å². The predicted octanol–water partition coefficient (Wildman–Crippen LogP) is 2.72. The van der Waals surface area contributed by atoms with E-state index in [1.165, 1.54) is 6.92 Å². The van der Waals surface area contributed by atoms with E-state index in [9.17, 15) is 9.59 Å². The third-order valence-corrected chi connectivity index (χ3v) is 3.83. The highest BCUT2D eigenvalue weighted by Crippen LogP contribution is 2.37. The van der Waals surface area contributed by atoms with Gasteiger partial charge in [0.1, 0.15) is 6.04 Å². The number of carbonyl (C=O) groups is 2. The van der Waals surface area contributed by atoms with E-state index in [1.54, 1.807) is 4.90 Å². The van der Waals surface area contributed by atoms with Gasteiger partial charge < -0.3 is 10.2 Å². The Morgan fingerprint density at radius 1 is 1.18 bits per heavy atom. The van der Waals surface area contributed by atoms with E-state index in [0.717, 1.165) is 22.4 Å². The lowest BCUT2D eigenvalue weighted by Gasteiger charge is -2.18. The van der Waals surface area contributed by atoms with Crippen LogP contribution in [-0.4, -0.2) is 11.8 Å². The van der Waals surface area contributed by atoms with E-state index in [4.69, 9.17) is 0 Å². The molecule has 0 aromatic heterocycles. The van der Waals surface area contributed by atoms with Gasteiger partial charge in [-0.3, -0.25) is 9.59 Å². The second-order valence-electron chi connectivity index (χ2n) is 5.61. The van der Waals surface area contributed by atoms with Crippen LogP contribution in [0.25, 0.3) is 0 Å². The van der Waals surface area contributed by atoms with Gasteiger partial charge >= 0.3 is 0 Å². The average Bonchev–Trinajstić information content (AvgIpc) is 2.73. The van der Waals surface area contributed by atoms with Crippen LogP contribution in [0.15, 0.2) is 48.5 Å². The summed E-state index contributed by atoms with van der Waals surface area (Å²) in [5.74, 6) is -0.285. The summed E-state index contributed by atoms with van der Waals surface area (Å²) in [6.07, 6.45) is 0. The molecule has 3 rings (SSSR count). The molecule has 0 unspecified atom stereocenters. The molecule has 0 saturated heterocycles. The zero-order valence-corrected chi connectivity index (χ0v) is 12.7. The SMILES string of the molecule is CC(=O)N[C@H]1C(=O)N(Cc2ccccc2)c2ccc(C)cc21. The predicted molar refractivity (Wildman–Crippen MR) is 85.4 cm³/mol. The van der Waals surface area contributed by atoms with Crippen molar-refractivity contribution >= 4 is 17.5 Å². The molecule has 2 aromatic rings. The van der Waals surface area contributed by atoms with Crippen molar-refractivity contribution in [1.82, 2.24) is 5.32 Å². The van der Waals surface area contributed by atoms with Crippen LogP contribution in [0.1, 0.15) is 29.7 Å². The number of carbonyl (C=O) groups excluding carboxylic acids is 2. The third-order valence-electron chi connectivity index (χ3n) is 3.83. The van der Waals surface area contributed by atoms with Crippen LogP contribution in [0.2, 0.25) is 0 Å². The summed E-state index contributed by atoms with van der Waals surface area (Å²) in [7, 11) is 0. The number of rotatable bonds is 3. The van der Waals surface area contributed by atoms with Crippen LogP contribution in [0.4, 0.5) is 5.69 Å². The largest absolute Gasteiger partial charge is 0.341 e. The maximum atomic E-state index is 12.7. The highest BCUT2D eigenvalue weighted by molar-refractivity contribution is 6.06. The van der Waals surface area contributed by atoms with Gasteiger partial charge in [-0.25, -0.2) is 0 Å². The summed E-state index contributed by atoms with van der Waals surface area (Å²) in [5, 5.41) is 2.76. The van der Waals surface area contributed by atoms with Crippen LogP contribution in [0.3, 0.4) is 0 Å². The Balaban J connectivity index is 1.98. The molecule has 1 aliphatic rings. The lowest BCUT2D eigenvalue weighted by Crippen LogP contribution is -2.36. The fourth-order valence-electron chi connectivity index (χ4n) is 2.83. The van der Waals surface area contributed by atoms with Crippen LogP contribution in [-0.2, 0) is 16.1 Å². The molecule has 1 heterocycles. The molecule has 1 aliphatic heterocycles. The van der Waals surface area contributed by atoms with E-state index in [0.29, 0.717) is 6.54 Å². The van der Waals surface area contributed by atoms with Gasteiger partial charge in [-0.15, -0.1) is 0 Å². The first-order valence-corrected chi connectivity index (χ1v) is 7.29. The van der Waals surface area contributed by atoms with E-state index >= 15 is 0 Å². The van der Waals surface area contributed by atoms with Crippen LogP contribution < -0.4 is 10.2 Å². The number of hydrogen-bond donors (Lipinski definition) is 1. The molecule has 4 nitrogen and oxygen atoms in total. The van der Waals surface area contributed by atoms with Gasteiger partial charge in [0.2, 0.25) is 5.91 Å². The number of anilines is 1. The zero-order valence-electron chi connectivity index (χ0n) is 12.7. The smallest absolute Gasteiger partial charge is 0.254 e. The molecular formula is C18H18N2O2. The molecule has 0 spiro atoms. The van der Waals surface area contributed by atoms with Gasteiger partial charge in [-0.2, -0.15) is 0 Å². The number of benzene rings is 2. The second kappa shape index (κ2) is 5.64. The topological polar surface area (TPSA) is 49.4 Å². The summed E-state index contributed by atoms with van der Waals surface area (Å²) < 4.78 is 0. The number of nitrogens with zero attached hydrogens (tertiary/aromatic N) is 1. The molecule has 0 aliphatic carbocycles. The average molecular weight is 294 g/mol. The highest BCUT2D eigenvalue weighted by atomic mass is 16.2. The first kappa shape index (κ1) is 14.3. The number of nitrogens with one attached hydrogen (secondary N) is 1. The standard InChI is InChI=1S/C18H18N2O2/c1-12-8-9-16-15(10-12)17(19-13(2)21)18(22)20(16)11-14-6-4-3-5-7-14/h3-10,17H,11H2,1-2H3,(H,19,21)/t17-/m1/s1. The lowest BCUT2D eigenvalue weighted by atomic mass is 10.1. The molecule has 2 aromatic carbocycles. The maximum Gasteiger partial charge on any atom is 0.254 e. The van der Waals surface area contributed by atoms with Crippen molar-refractivity contribution in [2.24, 2.45) is 0 Å². The molecule has 0 radical (unpaired) electrons. The van der Waals surface area contributed by atoms with Crippen LogP contribution in [0, 0.1) is 6.92 Å². The molecule has 0 fully saturated rings. The Labute approximate surface area is 129 Å². The van der Waals surface area contributed by atoms with Gasteiger partial charge in [-0.05, 0) is 18.6 Å². The first-order valence-electron chi connectivity index (χ1n) is 7.29. The van der Waals surface area contributed by atoms with E-state index < -0.39 is 6.04 Å². The van der Waals surface area contributed by atoms with Crippen molar-refractivity contribution in [2.75, 3.05) is 4.90 Å². The van der Waals surface area contributed by atoms with Crippen molar-refractivity contribution in [3.63, 3.8) is 0 Å². The molecule has 112 valence electrons. The summed E-state index contributed by atoms with van der Waals surface area (Å²) >= 11 is 0. The monoisotopic (exact) mass is 294 g/mol. The molecule has 22 heavy (non-hydrogen) atoms. The Hall–Kier alpha value is -2.62. The number of fused-ring (bicyclic) bond motifs is 1. The first-order chi connectivity index (χ1) is 10.6. The summed E-state index contributed by atoms with van der Waals surface area (Å²) in [6, 6.07) is 15.2. The summed E-state index contributed by atoms with van der Waals surface area (Å²) in [4.78, 5) is 25.9. The third kappa shape index (κ3) is 2.60. The van der Waals surface area contributed by atoms with Gasteiger partial charge in [0.15, 0.2) is 0 Å². The summed E-state index contributed by atoms with van der Waals surface area (Å²) in [6.45, 7) is 3.92. The van der Waals surface area contributed by atoms with Gasteiger partial charge in [0, 0.05) is 18.2 Å². The number of amides is 2. The molecule has 1 N–H and O–H groups in total. The van der Waals surface area contributed by atoms with Crippen molar-refractivity contribution in [3.8, 4) is 0 Å². The van der Waals surface area contributed by atoms with Crippen molar-refractivity contribution in [3.05, 3.63) is 65.2 Å². The Morgan fingerprint density at radius 3 is 2.59 bits per heavy atom. The fourth-order valence-corrected chi connectivity index (χ4v) is 2.83. The van der Waals surface area contributed by atoms with Crippen LogP contribution >= 0.6 is 0 Å². The van der Waals surface area contributed by atoms with Crippen molar-refractivity contribution in [1.29, 1.82) is 0 Å². The van der Waals surface area contributed by atoms with E-state index in [1.807, 2.05) is 55.5 Å².